The van der Waals surface area contributed by atoms with Gasteiger partial charge in [-0.25, -0.2) is 0 Å². The molecule has 0 spiro atoms. The Bertz CT molecular complexity index is 674. The van der Waals surface area contributed by atoms with Crippen LogP contribution in [0.3, 0.4) is 0 Å². The molecule has 1 saturated heterocycles. The quantitative estimate of drug-likeness (QED) is 0.891. The van der Waals surface area contributed by atoms with E-state index in [1.807, 2.05) is 23.1 Å². The van der Waals surface area contributed by atoms with Crippen LogP contribution in [0.1, 0.15) is 40.9 Å². The molecule has 3 N–H and O–H groups in total. The Morgan fingerprint density at radius 1 is 1.38 bits per heavy atom. The molecule has 4 nitrogen and oxygen atoms in total. The number of rotatable bonds is 2. The number of aromatic nitrogens is 1. The highest BCUT2D eigenvalue weighted by molar-refractivity contribution is 5.99. The molecular formula is C17H23N3O. The molecule has 0 saturated carbocycles. The molecule has 3 rings (SSSR count). The summed E-state index contributed by atoms with van der Waals surface area (Å²) in [5.41, 5.74) is 10.1. The van der Waals surface area contributed by atoms with E-state index in [0.29, 0.717) is 6.54 Å². The van der Waals surface area contributed by atoms with Crippen molar-refractivity contribution < 1.29 is 4.79 Å². The van der Waals surface area contributed by atoms with E-state index in [0.717, 1.165) is 41.5 Å². The van der Waals surface area contributed by atoms with E-state index in [1.54, 1.807) is 0 Å². The van der Waals surface area contributed by atoms with Gasteiger partial charge in [-0.3, -0.25) is 4.79 Å². The average molecular weight is 285 g/mol. The first-order chi connectivity index (χ1) is 10.1. The first-order valence-electron chi connectivity index (χ1n) is 7.71. The minimum Gasteiger partial charge on any atom is -0.358 e. The third kappa shape index (κ3) is 2.44. The molecule has 2 aromatic rings. The molecule has 1 aliphatic rings. The van der Waals surface area contributed by atoms with Crippen molar-refractivity contribution in [2.75, 3.05) is 13.1 Å². The second-order valence-electron chi connectivity index (χ2n) is 6.02. The maximum atomic E-state index is 12.8. The summed E-state index contributed by atoms with van der Waals surface area (Å²) >= 11 is 0. The maximum absolute atomic E-state index is 12.8. The minimum atomic E-state index is 0.116. The number of nitrogens with zero attached hydrogens (tertiary/aromatic N) is 1. The van der Waals surface area contributed by atoms with E-state index in [9.17, 15) is 4.79 Å². The first kappa shape index (κ1) is 14.1. The van der Waals surface area contributed by atoms with Crippen molar-refractivity contribution in [2.24, 2.45) is 5.73 Å². The maximum Gasteiger partial charge on any atom is 0.254 e. The van der Waals surface area contributed by atoms with Crippen LogP contribution in [-0.4, -0.2) is 34.9 Å². The summed E-state index contributed by atoms with van der Waals surface area (Å²) in [6.07, 6.45) is 3.26. The summed E-state index contributed by atoms with van der Waals surface area (Å²) in [4.78, 5) is 18.1. The predicted molar refractivity (Wildman–Crippen MR) is 85.5 cm³/mol. The molecule has 0 bridgehead atoms. The van der Waals surface area contributed by atoms with E-state index < -0.39 is 0 Å². The number of carbonyl (C=O) groups excluding carboxylic acids is 1. The number of benzene rings is 1. The van der Waals surface area contributed by atoms with Gasteiger partial charge in [0.15, 0.2) is 0 Å². The van der Waals surface area contributed by atoms with E-state index >= 15 is 0 Å². The summed E-state index contributed by atoms with van der Waals surface area (Å²) in [6, 6.07) is 6.13. The van der Waals surface area contributed by atoms with Crippen molar-refractivity contribution in [2.45, 2.75) is 39.2 Å². The van der Waals surface area contributed by atoms with Gasteiger partial charge in [0.2, 0.25) is 0 Å². The SMILES string of the molecule is Cc1[nH]c2ccc(C(=O)N3CCCCC3CN)cc2c1C. The van der Waals surface area contributed by atoms with Crippen molar-refractivity contribution in [1.82, 2.24) is 9.88 Å². The summed E-state index contributed by atoms with van der Waals surface area (Å²) < 4.78 is 0. The van der Waals surface area contributed by atoms with E-state index in [2.05, 4.69) is 18.8 Å². The number of fused-ring (bicyclic) bond motifs is 1. The Hall–Kier alpha value is -1.81. The van der Waals surface area contributed by atoms with Crippen LogP contribution in [0.25, 0.3) is 10.9 Å². The number of hydrogen-bond acceptors (Lipinski definition) is 2. The first-order valence-corrected chi connectivity index (χ1v) is 7.71. The highest BCUT2D eigenvalue weighted by atomic mass is 16.2. The Morgan fingerprint density at radius 2 is 2.19 bits per heavy atom. The number of aryl methyl sites for hydroxylation is 2. The number of nitrogens with one attached hydrogen (secondary N) is 1. The van der Waals surface area contributed by atoms with Gasteiger partial charge in [0.1, 0.15) is 0 Å². The average Bonchev–Trinajstić information content (AvgIpc) is 2.81. The van der Waals surface area contributed by atoms with Crippen LogP contribution in [0, 0.1) is 13.8 Å². The lowest BCUT2D eigenvalue weighted by molar-refractivity contribution is 0.0623. The third-order valence-corrected chi connectivity index (χ3v) is 4.72. The van der Waals surface area contributed by atoms with Crippen LogP contribution in [0.2, 0.25) is 0 Å². The molecule has 1 fully saturated rings. The minimum absolute atomic E-state index is 0.116. The van der Waals surface area contributed by atoms with Gasteiger partial charge < -0.3 is 15.6 Å². The zero-order valence-corrected chi connectivity index (χ0v) is 12.8. The number of nitrogens with two attached hydrogens (primary N) is 1. The number of hydrogen-bond donors (Lipinski definition) is 2. The lowest BCUT2D eigenvalue weighted by atomic mass is 10.00. The van der Waals surface area contributed by atoms with Crippen LogP contribution in [0.15, 0.2) is 18.2 Å². The van der Waals surface area contributed by atoms with Gasteiger partial charge in [0.25, 0.3) is 5.91 Å². The van der Waals surface area contributed by atoms with Crippen molar-refractivity contribution in [3.63, 3.8) is 0 Å². The third-order valence-electron chi connectivity index (χ3n) is 4.72. The summed E-state index contributed by atoms with van der Waals surface area (Å²) in [6.45, 7) is 5.53. The lowest BCUT2D eigenvalue weighted by Crippen LogP contribution is -2.47. The second kappa shape index (κ2) is 5.53. The number of likely N-dealkylation sites (tertiary alicyclic amines) is 1. The molecule has 112 valence electrons. The van der Waals surface area contributed by atoms with Gasteiger partial charge in [-0.2, -0.15) is 0 Å². The number of amides is 1. The van der Waals surface area contributed by atoms with Gasteiger partial charge in [-0.1, -0.05) is 0 Å². The second-order valence-corrected chi connectivity index (χ2v) is 6.02. The molecule has 1 aromatic heterocycles. The molecule has 1 aromatic carbocycles. The van der Waals surface area contributed by atoms with Crippen LogP contribution < -0.4 is 5.73 Å². The number of H-pyrrole nitrogens is 1. The Labute approximate surface area is 125 Å². The molecule has 1 amide bonds. The van der Waals surface area contributed by atoms with E-state index in [4.69, 9.17) is 5.73 Å². The molecular weight excluding hydrogens is 262 g/mol. The number of aromatic amines is 1. The van der Waals surface area contributed by atoms with Crippen molar-refractivity contribution in [3.8, 4) is 0 Å². The van der Waals surface area contributed by atoms with Gasteiger partial charge in [0.05, 0.1) is 0 Å². The molecule has 1 aliphatic heterocycles. The summed E-state index contributed by atoms with van der Waals surface area (Å²) in [7, 11) is 0. The van der Waals surface area contributed by atoms with Crippen LogP contribution in [0.5, 0.6) is 0 Å². The lowest BCUT2D eigenvalue weighted by Gasteiger charge is -2.35. The summed E-state index contributed by atoms with van der Waals surface area (Å²) in [5.74, 6) is 0.116. The molecule has 1 atom stereocenters. The molecule has 0 aliphatic carbocycles. The zero-order valence-electron chi connectivity index (χ0n) is 12.8. The fourth-order valence-electron chi connectivity index (χ4n) is 3.27. The van der Waals surface area contributed by atoms with Gasteiger partial charge in [0, 0.05) is 41.3 Å². The number of carbonyl (C=O) groups is 1. The Kier molecular flexibility index (Phi) is 3.72. The van der Waals surface area contributed by atoms with Gasteiger partial charge in [-0.05, 0) is 56.9 Å². The number of piperidine rings is 1. The van der Waals surface area contributed by atoms with Crippen LogP contribution in [-0.2, 0) is 0 Å². The van der Waals surface area contributed by atoms with E-state index in [-0.39, 0.29) is 11.9 Å². The van der Waals surface area contributed by atoms with Crippen molar-refractivity contribution in [1.29, 1.82) is 0 Å². The highest BCUT2D eigenvalue weighted by Crippen LogP contribution is 2.25. The van der Waals surface area contributed by atoms with E-state index in [1.165, 1.54) is 12.0 Å². The van der Waals surface area contributed by atoms with Crippen molar-refractivity contribution >= 4 is 16.8 Å². The van der Waals surface area contributed by atoms with Gasteiger partial charge in [-0.15, -0.1) is 0 Å². The zero-order chi connectivity index (χ0) is 15.0. The van der Waals surface area contributed by atoms with Crippen LogP contribution >= 0.6 is 0 Å². The normalized spacial score (nSPS) is 19.2. The van der Waals surface area contributed by atoms with Crippen LogP contribution in [0.4, 0.5) is 0 Å². The topological polar surface area (TPSA) is 62.1 Å². The molecule has 1 unspecified atom stereocenters. The molecule has 2 heterocycles. The Morgan fingerprint density at radius 3 is 2.95 bits per heavy atom. The molecule has 4 heteroatoms. The Balaban J connectivity index is 1.95. The monoisotopic (exact) mass is 285 g/mol. The molecule has 21 heavy (non-hydrogen) atoms. The standard InChI is InChI=1S/C17H23N3O/c1-11-12(2)19-16-7-6-13(9-15(11)16)17(21)20-8-4-3-5-14(20)10-18/h6-7,9,14,19H,3-5,8,10,18H2,1-2H3. The highest BCUT2D eigenvalue weighted by Gasteiger charge is 2.26. The fourth-order valence-corrected chi connectivity index (χ4v) is 3.27. The predicted octanol–water partition coefficient (Wildman–Crippen LogP) is 2.74. The molecule has 0 radical (unpaired) electrons. The smallest absolute Gasteiger partial charge is 0.254 e. The largest absolute Gasteiger partial charge is 0.358 e. The fraction of sp³-hybridized carbons (Fsp3) is 0.471. The van der Waals surface area contributed by atoms with Gasteiger partial charge >= 0.3 is 0 Å². The van der Waals surface area contributed by atoms with Crippen molar-refractivity contribution in [3.05, 3.63) is 35.0 Å². The summed E-state index contributed by atoms with van der Waals surface area (Å²) in [5, 5.41) is 1.14.